The number of fused-ring (bicyclic) bond motifs is 6. The summed E-state index contributed by atoms with van der Waals surface area (Å²) in [4.78, 5) is 10.5. The molecule has 0 saturated heterocycles. The first-order chi connectivity index (χ1) is 26.8. The molecule has 1 heterocycles. The van der Waals surface area contributed by atoms with Crippen molar-refractivity contribution in [3.05, 3.63) is 199 Å². The average Bonchev–Trinajstić information content (AvgIpc) is 3.27. The molecule has 54 heavy (non-hydrogen) atoms. The third-order valence-electron chi connectivity index (χ3n) is 10.8. The molecule has 0 atom stereocenters. The highest BCUT2D eigenvalue weighted by atomic mass is 14.9. The van der Waals surface area contributed by atoms with Crippen LogP contribution in [0.5, 0.6) is 0 Å². The van der Waals surface area contributed by atoms with E-state index in [1.807, 2.05) is 6.07 Å². The number of benzene rings is 8. The van der Waals surface area contributed by atoms with Crippen molar-refractivity contribution in [3.8, 4) is 67.3 Å². The molecule has 8 aromatic carbocycles. The van der Waals surface area contributed by atoms with Gasteiger partial charge in [-0.25, -0.2) is 9.97 Å². The third kappa shape index (κ3) is 5.79. The summed E-state index contributed by atoms with van der Waals surface area (Å²) >= 11 is 0. The maximum atomic E-state index is 5.28. The van der Waals surface area contributed by atoms with E-state index in [-0.39, 0.29) is 0 Å². The molecule has 2 nitrogen and oxygen atoms in total. The molecule has 0 amide bonds. The Morgan fingerprint density at radius 2 is 0.907 bits per heavy atom. The number of aryl methyl sites for hydroxylation is 1. The predicted molar refractivity (Wildman–Crippen MR) is 227 cm³/mol. The summed E-state index contributed by atoms with van der Waals surface area (Å²) in [5.74, 6) is 0.702. The molecule has 1 aliphatic rings. The normalized spacial score (nSPS) is 12.2. The molecule has 0 N–H and O–H groups in total. The van der Waals surface area contributed by atoms with Crippen LogP contribution in [-0.2, 0) is 6.42 Å². The van der Waals surface area contributed by atoms with Crippen LogP contribution in [0.25, 0.3) is 94.9 Å². The van der Waals surface area contributed by atoms with Crippen molar-refractivity contribution >= 4 is 27.6 Å². The molecule has 10 rings (SSSR count). The zero-order valence-electron chi connectivity index (χ0n) is 29.8. The first-order valence-corrected chi connectivity index (χ1v) is 18.7. The van der Waals surface area contributed by atoms with E-state index in [0.717, 1.165) is 57.6 Å². The van der Waals surface area contributed by atoms with E-state index in [4.69, 9.17) is 9.97 Å². The summed E-state index contributed by atoms with van der Waals surface area (Å²) in [7, 11) is 0. The van der Waals surface area contributed by atoms with Gasteiger partial charge in [-0.15, -0.1) is 0 Å². The van der Waals surface area contributed by atoms with Gasteiger partial charge in [-0.05, 0) is 103 Å². The SMILES string of the molecule is C1=Cc2c(c3ccccc3c3ccc(-c4cccc(-c5ccccc5-c5nc(-c6ccccc6)cc(-c6cccc(-c7ccccc7)c6)n5)c4)cc23)CC1. The number of hydrogen-bond donors (Lipinski definition) is 0. The predicted octanol–water partition coefficient (Wildman–Crippen LogP) is 13.7. The maximum Gasteiger partial charge on any atom is 0.161 e. The fourth-order valence-corrected chi connectivity index (χ4v) is 8.12. The van der Waals surface area contributed by atoms with Crippen LogP contribution in [0.2, 0.25) is 0 Å². The highest BCUT2D eigenvalue weighted by molar-refractivity contribution is 6.14. The van der Waals surface area contributed by atoms with E-state index in [9.17, 15) is 0 Å². The molecule has 1 aromatic heterocycles. The standard InChI is InChI=1S/C52H36N2/c1-3-15-35(16-4-1)37-19-14-22-41(32-37)51-34-50(36-17-5-2-6-18-36)53-52(54-51)48-28-12-7-23-42(48)40-21-13-20-38(31-40)39-29-30-47-45-26-9-8-24-43(45)44-25-10-11-27-46(44)49(47)33-39/h1-9,11-24,26-34H,10,25H2. The van der Waals surface area contributed by atoms with Crippen LogP contribution in [0.15, 0.2) is 188 Å². The summed E-state index contributed by atoms with van der Waals surface area (Å²) in [6.45, 7) is 0. The molecule has 0 fully saturated rings. The van der Waals surface area contributed by atoms with Crippen molar-refractivity contribution in [3.63, 3.8) is 0 Å². The Morgan fingerprint density at radius 3 is 1.70 bits per heavy atom. The summed E-state index contributed by atoms with van der Waals surface area (Å²) in [5, 5.41) is 5.33. The van der Waals surface area contributed by atoms with Gasteiger partial charge in [-0.2, -0.15) is 0 Å². The Kier molecular flexibility index (Phi) is 8.00. The van der Waals surface area contributed by atoms with E-state index in [0.29, 0.717) is 5.82 Å². The number of rotatable bonds is 6. The van der Waals surface area contributed by atoms with Crippen LogP contribution in [-0.4, -0.2) is 9.97 Å². The lowest BCUT2D eigenvalue weighted by molar-refractivity contribution is 1.00. The molecule has 0 aliphatic heterocycles. The molecule has 254 valence electrons. The van der Waals surface area contributed by atoms with Crippen molar-refractivity contribution in [1.29, 1.82) is 0 Å². The van der Waals surface area contributed by atoms with Crippen molar-refractivity contribution in [2.75, 3.05) is 0 Å². The molecule has 0 spiro atoms. The lowest BCUT2D eigenvalue weighted by atomic mass is 9.85. The molecular weight excluding hydrogens is 653 g/mol. The maximum absolute atomic E-state index is 5.28. The number of hydrogen-bond acceptors (Lipinski definition) is 2. The Bertz CT molecular complexity index is 2870. The Balaban J connectivity index is 1.10. The molecule has 9 aromatic rings. The summed E-state index contributed by atoms with van der Waals surface area (Å²) in [6.07, 6.45) is 6.82. The highest BCUT2D eigenvalue weighted by Crippen LogP contribution is 2.40. The van der Waals surface area contributed by atoms with Crippen LogP contribution in [0.3, 0.4) is 0 Å². The van der Waals surface area contributed by atoms with Gasteiger partial charge in [0.1, 0.15) is 0 Å². The quantitative estimate of drug-likeness (QED) is 0.163. The van der Waals surface area contributed by atoms with Gasteiger partial charge in [0.05, 0.1) is 11.4 Å². The molecule has 1 aliphatic carbocycles. The van der Waals surface area contributed by atoms with Gasteiger partial charge in [0, 0.05) is 16.7 Å². The molecule has 0 saturated carbocycles. The zero-order chi connectivity index (χ0) is 35.8. The third-order valence-corrected chi connectivity index (χ3v) is 10.8. The molecule has 0 radical (unpaired) electrons. The minimum atomic E-state index is 0.702. The van der Waals surface area contributed by atoms with Gasteiger partial charge < -0.3 is 0 Å². The van der Waals surface area contributed by atoms with Crippen molar-refractivity contribution in [2.24, 2.45) is 0 Å². The van der Waals surface area contributed by atoms with Gasteiger partial charge in [0.2, 0.25) is 0 Å². The fraction of sp³-hybridized carbons (Fsp3) is 0.0385. The topological polar surface area (TPSA) is 25.8 Å². The first-order valence-electron chi connectivity index (χ1n) is 18.7. The summed E-state index contributed by atoms with van der Waals surface area (Å²) < 4.78 is 0. The monoisotopic (exact) mass is 688 g/mol. The molecule has 2 heteroatoms. The summed E-state index contributed by atoms with van der Waals surface area (Å²) in [6, 6.07) is 65.0. The van der Waals surface area contributed by atoms with Gasteiger partial charge in [-0.3, -0.25) is 0 Å². The lowest BCUT2D eigenvalue weighted by Crippen LogP contribution is -1.98. The van der Waals surface area contributed by atoms with E-state index in [2.05, 4.69) is 188 Å². The van der Waals surface area contributed by atoms with Gasteiger partial charge in [0.15, 0.2) is 5.82 Å². The van der Waals surface area contributed by atoms with Gasteiger partial charge >= 0.3 is 0 Å². The second-order valence-electron chi connectivity index (χ2n) is 14.0. The van der Waals surface area contributed by atoms with E-state index < -0.39 is 0 Å². The average molecular weight is 689 g/mol. The second kappa shape index (κ2) is 13.6. The molecular formula is C52H36N2. The molecule has 0 bridgehead atoms. The van der Waals surface area contributed by atoms with Crippen molar-refractivity contribution < 1.29 is 0 Å². The fourth-order valence-electron chi connectivity index (χ4n) is 8.12. The smallest absolute Gasteiger partial charge is 0.161 e. The summed E-state index contributed by atoms with van der Waals surface area (Å²) in [5.41, 5.74) is 14.7. The number of allylic oxidation sites excluding steroid dienone is 1. The highest BCUT2D eigenvalue weighted by Gasteiger charge is 2.18. The Morgan fingerprint density at radius 1 is 0.352 bits per heavy atom. The largest absolute Gasteiger partial charge is 0.228 e. The van der Waals surface area contributed by atoms with Crippen LogP contribution < -0.4 is 0 Å². The van der Waals surface area contributed by atoms with Crippen molar-refractivity contribution in [2.45, 2.75) is 12.8 Å². The van der Waals surface area contributed by atoms with Crippen LogP contribution in [0, 0.1) is 0 Å². The minimum absolute atomic E-state index is 0.702. The molecule has 0 unspecified atom stereocenters. The van der Waals surface area contributed by atoms with E-state index >= 15 is 0 Å². The Hall–Kier alpha value is -6.90. The number of nitrogens with zero attached hydrogens (tertiary/aromatic N) is 2. The van der Waals surface area contributed by atoms with Gasteiger partial charge in [-0.1, -0.05) is 170 Å². The van der Waals surface area contributed by atoms with Crippen LogP contribution in [0.1, 0.15) is 17.5 Å². The lowest BCUT2D eigenvalue weighted by Gasteiger charge is -2.19. The number of aromatic nitrogens is 2. The first kappa shape index (κ1) is 31.8. The van der Waals surface area contributed by atoms with E-state index in [1.54, 1.807) is 0 Å². The van der Waals surface area contributed by atoms with Crippen LogP contribution in [0.4, 0.5) is 0 Å². The zero-order valence-corrected chi connectivity index (χ0v) is 29.8. The Labute approximate surface area is 315 Å². The second-order valence-corrected chi connectivity index (χ2v) is 14.0. The van der Waals surface area contributed by atoms with E-state index in [1.165, 1.54) is 49.4 Å². The van der Waals surface area contributed by atoms with Crippen molar-refractivity contribution in [1.82, 2.24) is 9.97 Å². The van der Waals surface area contributed by atoms with Crippen LogP contribution >= 0.6 is 0 Å². The minimum Gasteiger partial charge on any atom is -0.228 e. The van der Waals surface area contributed by atoms with Gasteiger partial charge in [0.25, 0.3) is 0 Å².